The highest BCUT2D eigenvalue weighted by molar-refractivity contribution is 5.79. The molecule has 0 saturated carbocycles. The molecule has 92 valence electrons. The Balaban J connectivity index is 2.68. The minimum atomic E-state index is -0.457. The Morgan fingerprint density at radius 3 is 2.53 bits per heavy atom. The van der Waals surface area contributed by atoms with Gasteiger partial charge in [-0.2, -0.15) is 0 Å². The fourth-order valence-electron chi connectivity index (χ4n) is 1.50. The van der Waals surface area contributed by atoms with Crippen LogP contribution < -0.4 is 11.1 Å². The van der Waals surface area contributed by atoms with Crippen molar-refractivity contribution in [3.8, 4) is 0 Å². The van der Waals surface area contributed by atoms with Gasteiger partial charge in [0.1, 0.15) is 0 Å². The molecule has 1 atom stereocenters. The zero-order valence-corrected chi connectivity index (χ0v) is 9.68. The Morgan fingerprint density at radius 2 is 2.00 bits per heavy atom. The van der Waals surface area contributed by atoms with Gasteiger partial charge in [0.2, 0.25) is 5.91 Å². The van der Waals surface area contributed by atoms with Gasteiger partial charge in [0.05, 0.1) is 19.6 Å². The van der Waals surface area contributed by atoms with Crippen LogP contribution in [-0.2, 0) is 14.3 Å². The fourth-order valence-corrected chi connectivity index (χ4v) is 1.50. The zero-order valence-electron chi connectivity index (χ0n) is 9.68. The molecule has 0 saturated heterocycles. The van der Waals surface area contributed by atoms with Crippen molar-refractivity contribution < 1.29 is 14.3 Å². The first kappa shape index (κ1) is 13.2. The summed E-state index contributed by atoms with van der Waals surface area (Å²) in [6.07, 6.45) is 0. The monoisotopic (exact) mass is 236 g/mol. The molecule has 1 aromatic rings. The molecule has 0 aliphatic rings. The van der Waals surface area contributed by atoms with Gasteiger partial charge >= 0.3 is 5.97 Å². The van der Waals surface area contributed by atoms with Crippen molar-refractivity contribution in [1.82, 2.24) is 5.32 Å². The van der Waals surface area contributed by atoms with Crippen molar-refractivity contribution in [3.05, 3.63) is 35.9 Å². The van der Waals surface area contributed by atoms with Gasteiger partial charge in [-0.1, -0.05) is 30.3 Å². The summed E-state index contributed by atoms with van der Waals surface area (Å²) in [5.41, 5.74) is 5.85. The molecule has 0 spiro atoms. The van der Waals surface area contributed by atoms with Gasteiger partial charge in [-0.25, -0.2) is 0 Å². The number of benzene rings is 1. The van der Waals surface area contributed by atoms with Crippen molar-refractivity contribution in [2.75, 3.05) is 20.2 Å². The second-order valence-corrected chi connectivity index (χ2v) is 3.58. The molecular weight excluding hydrogens is 220 g/mol. The minimum absolute atomic E-state index is 0.0420. The Labute approximate surface area is 99.9 Å². The summed E-state index contributed by atoms with van der Waals surface area (Å²) in [7, 11) is 1.34. The summed E-state index contributed by atoms with van der Waals surface area (Å²) in [6.45, 7) is 0.361. The number of amides is 1. The van der Waals surface area contributed by atoms with Crippen molar-refractivity contribution >= 4 is 11.9 Å². The summed E-state index contributed by atoms with van der Waals surface area (Å²) in [6, 6.07) is 9.24. The van der Waals surface area contributed by atoms with Crippen LogP contribution >= 0.6 is 0 Å². The first-order valence-electron chi connectivity index (χ1n) is 5.27. The second-order valence-electron chi connectivity index (χ2n) is 3.58. The molecule has 0 bridgehead atoms. The number of primary amides is 1. The van der Waals surface area contributed by atoms with E-state index in [1.807, 2.05) is 30.3 Å². The van der Waals surface area contributed by atoms with E-state index < -0.39 is 11.8 Å². The van der Waals surface area contributed by atoms with Crippen LogP contribution in [0.1, 0.15) is 11.5 Å². The lowest BCUT2D eigenvalue weighted by atomic mass is 9.99. The molecule has 1 unspecified atom stereocenters. The molecule has 5 heteroatoms. The number of hydrogen-bond donors (Lipinski definition) is 2. The smallest absolute Gasteiger partial charge is 0.314 e. The number of nitrogens with two attached hydrogens (primary N) is 1. The van der Waals surface area contributed by atoms with Crippen LogP contribution in [0.15, 0.2) is 30.3 Å². The molecule has 0 aromatic heterocycles. The first-order valence-corrected chi connectivity index (χ1v) is 5.27. The van der Waals surface area contributed by atoms with E-state index in [4.69, 9.17) is 10.5 Å². The number of rotatable bonds is 6. The lowest BCUT2D eigenvalue weighted by Crippen LogP contribution is -2.34. The van der Waals surface area contributed by atoms with E-state index in [0.29, 0.717) is 6.54 Å². The molecule has 0 heterocycles. The first-order chi connectivity index (χ1) is 8.15. The van der Waals surface area contributed by atoms with Crippen LogP contribution in [0.5, 0.6) is 0 Å². The SMILES string of the molecule is COC(=O)C(CNCC(N)=O)c1ccccc1. The zero-order chi connectivity index (χ0) is 12.7. The number of esters is 1. The Morgan fingerprint density at radius 1 is 1.35 bits per heavy atom. The standard InChI is InChI=1S/C12H16N2O3/c1-17-12(16)10(7-14-8-11(13)15)9-5-3-2-4-6-9/h2-6,10,14H,7-8H2,1H3,(H2,13,15). The second kappa shape index (κ2) is 6.65. The van der Waals surface area contributed by atoms with E-state index in [9.17, 15) is 9.59 Å². The summed E-state index contributed by atoms with van der Waals surface area (Å²) in [4.78, 5) is 22.2. The van der Waals surface area contributed by atoms with Gasteiger partial charge < -0.3 is 15.8 Å². The molecular formula is C12H16N2O3. The quantitative estimate of drug-likeness (QED) is 0.682. The average molecular weight is 236 g/mol. The molecule has 17 heavy (non-hydrogen) atoms. The average Bonchev–Trinajstić information content (AvgIpc) is 2.34. The van der Waals surface area contributed by atoms with Crippen molar-refractivity contribution in [3.63, 3.8) is 0 Å². The van der Waals surface area contributed by atoms with Gasteiger partial charge in [0, 0.05) is 6.54 Å². The topological polar surface area (TPSA) is 81.4 Å². The highest BCUT2D eigenvalue weighted by atomic mass is 16.5. The molecule has 0 aliphatic heterocycles. The minimum Gasteiger partial charge on any atom is -0.469 e. The van der Waals surface area contributed by atoms with Crippen LogP contribution in [0, 0.1) is 0 Å². The largest absolute Gasteiger partial charge is 0.469 e. The van der Waals surface area contributed by atoms with Crippen molar-refractivity contribution in [2.24, 2.45) is 5.73 Å². The van der Waals surface area contributed by atoms with Crippen molar-refractivity contribution in [2.45, 2.75) is 5.92 Å². The van der Waals surface area contributed by atoms with E-state index >= 15 is 0 Å². The number of ether oxygens (including phenoxy) is 1. The molecule has 0 fully saturated rings. The maximum Gasteiger partial charge on any atom is 0.314 e. The van der Waals surface area contributed by atoms with Gasteiger partial charge in [-0.15, -0.1) is 0 Å². The third-order valence-corrected chi connectivity index (χ3v) is 2.34. The maximum atomic E-state index is 11.6. The van der Waals surface area contributed by atoms with Crippen LogP contribution in [0.2, 0.25) is 0 Å². The molecule has 1 rings (SSSR count). The molecule has 1 amide bonds. The van der Waals surface area contributed by atoms with Crippen molar-refractivity contribution in [1.29, 1.82) is 0 Å². The maximum absolute atomic E-state index is 11.6. The lowest BCUT2D eigenvalue weighted by Gasteiger charge is -2.15. The lowest BCUT2D eigenvalue weighted by molar-refractivity contribution is -0.142. The number of carbonyl (C=O) groups is 2. The highest BCUT2D eigenvalue weighted by Crippen LogP contribution is 2.15. The van der Waals surface area contributed by atoms with Gasteiger partial charge in [-0.05, 0) is 5.56 Å². The van der Waals surface area contributed by atoms with E-state index in [1.54, 1.807) is 0 Å². The van der Waals surface area contributed by atoms with Gasteiger partial charge in [0.25, 0.3) is 0 Å². The Bertz CT molecular complexity index is 379. The Kier molecular flexibility index (Phi) is 5.16. The summed E-state index contributed by atoms with van der Waals surface area (Å²) < 4.78 is 4.73. The number of hydrogen-bond acceptors (Lipinski definition) is 4. The number of carbonyl (C=O) groups excluding carboxylic acids is 2. The molecule has 5 nitrogen and oxygen atoms in total. The van der Waals surface area contributed by atoms with E-state index in [2.05, 4.69) is 5.32 Å². The third-order valence-electron chi connectivity index (χ3n) is 2.34. The van der Waals surface area contributed by atoms with Gasteiger partial charge in [-0.3, -0.25) is 9.59 Å². The third kappa shape index (κ3) is 4.24. The Hall–Kier alpha value is -1.88. The van der Waals surface area contributed by atoms with Crippen LogP contribution in [-0.4, -0.2) is 32.1 Å². The number of methoxy groups -OCH3 is 1. The predicted octanol–water partition coefficient (Wildman–Crippen LogP) is 0.0181. The fraction of sp³-hybridized carbons (Fsp3) is 0.333. The van der Waals surface area contributed by atoms with Crippen LogP contribution in [0.25, 0.3) is 0 Å². The molecule has 0 aliphatic carbocycles. The van der Waals surface area contributed by atoms with Gasteiger partial charge in [0.15, 0.2) is 0 Å². The molecule has 0 radical (unpaired) electrons. The molecule has 3 N–H and O–H groups in total. The normalized spacial score (nSPS) is 11.8. The summed E-state index contributed by atoms with van der Waals surface area (Å²) >= 11 is 0. The van der Waals surface area contributed by atoms with E-state index in [0.717, 1.165) is 5.56 Å². The highest BCUT2D eigenvalue weighted by Gasteiger charge is 2.20. The van der Waals surface area contributed by atoms with E-state index in [-0.39, 0.29) is 12.5 Å². The summed E-state index contributed by atoms with van der Waals surface area (Å²) in [5, 5.41) is 2.82. The predicted molar refractivity (Wildman–Crippen MR) is 63.3 cm³/mol. The summed E-state index contributed by atoms with van der Waals surface area (Å²) in [5.74, 6) is -1.23. The van der Waals surface area contributed by atoms with Crippen LogP contribution in [0.3, 0.4) is 0 Å². The molecule has 1 aromatic carbocycles. The van der Waals surface area contributed by atoms with E-state index in [1.165, 1.54) is 7.11 Å². The number of nitrogens with one attached hydrogen (secondary N) is 1. The van der Waals surface area contributed by atoms with Crippen LogP contribution in [0.4, 0.5) is 0 Å².